The van der Waals surface area contributed by atoms with Crippen molar-refractivity contribution in [3.63, 3.8) is 0 Å². The number of amides is 1. The Labute approximate surface area is 427 Å². The number of anilines is 4. The molecule has 0 radical (unpaired) electrons. The van der Waals surface area contributed by atoms with Crippen molar-refractivity contribution in [3.8, 4) is 5.88 Å². The average Bonchev–Trinajstić information content (AvgIpc) is 3.47. The maximum atomic E-state index is 14.6. The van der Waals surface area contributed by atoms with Gasteiger partial charge in [-0.3, -0.25) is 19.8 Å². The van der Waals surface area contributed by atoms with E-state index in [-0.39, 0.29) is 23.9 Å². The lowest BCUT2D eigenvalue weighted by molar-refractivity contribution is -0.384. The maximum absolute atomic E-state index is 14.6. The monoisotopic (exact) mass is 1040 g/mol. The number of rotatable bonds is 17. The third-order valence-corrected chi connectivity index (χ3v) is 17.1. The predicted molar refractivity (Wildman–Crippen MR) is 284 cm³/mol. The molecule has 3 aliphatic heterocycles. The molecule has 17 nitrogen and oxygen atoms in total. The standard InChI is InChI=1S/C52H65ClN8O9SSi/c1-72(2,3)29-28-68-36-59-20-18-38-30-49-52(55-50(38)59)70-25-7-19-60(49)47-31-41(58-23-21-57(22-24-58)34-39-8-5-4-6-9-44(39)37-10-12-40(53)13-11-37)14-16-45(47)51(62)56-71(65,66)43-15-17-46(48(32-43)61(63)64)54-33-42-35-67-26-27-69-42/h10-18,20,30-32,42,54H,4-9,19,21-29,33-36H2,1-3H3,(H,56,62)/t42-/m0/s1. The molecule has 1 amide bonds. The summed E-state index contributed by atoms with van der Waals surface area (Å²) in [5, 5.41) is 16.8. The molecule has 0 saturated carbocycles. The Bertz CT molecular complexity index is 2900. The van der Waals surface area contributed by atoms with Gasteiger partial charge in [0.05, 0.1) is 53.6 Å². The van der Waals surface area contributed by atoms with E-state index in [0.717, 1.165) is 73.8 Å². The SMILES string of the molecule is C[Si](C)(C)CCOCn1ccc2cc3c(nc21)OCCCN3c1cc(N2CCN(CC3=C(c4ccc(Cl)cc4)CCCCC3)CC2)ccc1C(=O)NS(=O)(=O)c1ccc(NC[C@H]2COCCO2)c([N+](=O)[O-])c1. The number of nitrogens with one attached hydrogen (secondary N) is 2. The molecule has 5 aromatic rings. The van der Waals surface area contributed by atoms with Gasteiger partial charge in [-0.15, -0.1) is 0 Å². The fraction of sp³-hybridized carbons (Fsp3) is 0.462. The highest BCUT2D eigenvalue weighted by Gasteiger charge is 2.31. The minimum atomic E-state index is -4.62. The van der Waals surface area contributed by atoms with Gasteiger partial charge < -0.3 is 38.6 Å². The predicted octanol–water partition coefficient (Wildman–Crippen LogP) is 9.32. The molecule has 0 bridgehead atoms. The van der Waals surface area contributed by atoms with Crippen LogP contribution in [-0.4, -0.2) is 127 Å². The third kappa shape index (κ3) is 12.4. The minimum Gasteiger partial charge on any atom is -0.476 e. The van der Waals surface area contributed by atoms with Crippen LogP contribution in [0, 0.1) is 10.1 Å². The van der Waals surface area contributed by atoms with Crippen LogP contribution in [0.1, 0.15) is 54.4 Å². The highest BCUT2D eigenvalue weighted by Crippen LogP contribution is 2.41. The molecule has 2 saturated heterocycles. The van der Waals surface area contributed by atoms with Crippen molar-refractivity contribution in [2.24, 2.45) is 0 Å². The molecule has 384 valence electrons. The van der Waals surface area contributed by atoms with Crippen LogP contribution < -0.4 is 24.6 Å². The molecule has 1 aliphatic carbocycles. The largest absolute Gasteiger partial charge is 0.476 e. The van der Waals surface area contributed by atoms with Crippen LogP contribution in [0.15, 0.2) is 89.5 Å². The number of piperazine rings is 1. The van der Waals surface area contributed by atoms with Crippen molar-refractivity contribution in [2.75, 3.05) is 94.0 Å². The number of fused-ring (bicyclic) bond motifs is 2. The van der Waals surface area contributed by atoms with E-state index in [0.29, 0.717) is 75.6 Å². The Morgan fingerprint density at radius 3 is 2.49 bits per heavy atom. The molecule has 9 rings (SSSR count). The number of nitro groups is 1. The van der Waals surface area contributed by atoms with E-state index >= 15 is 0 Å². The molecule has 5 heterocycles. The normalized spacial score (nSPS) is 18.3. The lowest BCUT2D eigenvalue weighted by Gasteiger charge is -2.37. The molecule has 2 fully saturated rings. The Morgan fingerprint density at radius 1 is 0.917 bits per heavy atom. The number of allylic oxidation sites excluding steroid dienone is 1. The smallest absolute Gasteiger partial charge is 0.293 e. The number of ether oxygens (including phenoxy) is 4. The maximum Gasteiger partial charge on any atom is 0.293 e. The Balaban J connectivity index is 1.00. The van der Waals surface area contributed by atoms with Crippen molar-refractivity contribution in [1.29, 1.82) is 0 Å². The summed E-state index contributed by atoms with van der Waals surface area (Å²) in [4.78, 5) is 37.6. The van der Waals surface area contributed by atoms with Crippen molar-refractivity contribution in [1.82, 2.24) is 19.2 Å². The lowest BCUT2D eigenvalue weighted by Crippen LogP contribution is -2.47. The van der Waals surface area contributed by atoms with Gasteiger partial charge in [0, 0.05) is 88.9 Å². The second-order valence-electron chi connectivity index (χ2n) is 20.1. The number of nitrogens with zero attached hydrogens (tertiary/aromatic N) is 6. The van der Waals surface area contributed by atoms with E-state index in [1.807, 2.05) is 52.1 Å². The summed E-state index contributed by atoms with van der Waals surface area (Å²) < 4.78 is 55.8. The van der Waals surface area contributed by atoms with Crippen molar-refractivity contribution >= 4 is 80.6 Å². The first kappa shape index (κ1) is 51.4. The van der Waals surface area contributed by atoms with Crippen LogP contribution in [0.4, 0.5) is 28.4 Å². The quantitative estimate of drug-likeness (QED) is 0.0389. The number of carbonyl (C=O) groups excluding carboxylic acids is 1. The number of sulfonamides is 1. The second-order valence-corrected chi connectivity index (χ2v) is 27.9. The summed E-state index contributed by atoms with van der Waals surface area (Å²) in [6.45, 7) is 14.2. The zero-order chi connectivity index (χ0) is 50.4. The van der Waals surface area contributed by atoms with Crippen LogP contribution in [0.5, 0.6) is 5.88 Å². The Morgan fingerprint density at radius 2 is 1.72 bits per heavy atom. The van der Waals surface area contributed by atoms with E-state index in [1.54, 1.807) is 6.07 Å². The fourth-order valence-electron chi connectivity index (χ4n) is 9.77. The zero-order valence-corrected chi connectivity index (χ0v) is 43.9. The molecule has 2 aromatic heterocycles. The number of aromatic nitrogens is 2. The number of pyridine rings is 1. The fourth-order valence-corrected chi connectivity index (χ4v) is 11.6. The van der Waals surface area contributed by atoms with Crippen LogP contribution >= 0.6 is 11.6 Å². The first-order chi connectivity index (χ1) is 34.7. The summed E-state index contributed by atoms with van der Waals surface area (Å²) in [7, 11) is -5.90. The van der Waals surface area contributed by atoms with Gasteiger partial charge in [-0.05, 0) is 104 Å². The molecule has 2 N–H and O–H groups in total. The van der Waals surface area contributed by atoms with E-state index in [4.69, 9.17) is 35.5 Å². The molecule has 20 heteroatoms. The highest BCUT2D eigenvalue weighted by molar-refractivity contribution is 7.90. The van der Waals surface area contributed by atoms with E-state index in [1.165, 1.54) is 48.1 Å². The van der Waals surface area contributed by atoms with Crippen LogP contribution in [0.25, 0.3) is 16.6 Å². The first-order valence-electron chi connectivity index (χ1n) is 25.0. The number of nitro benzene ring substituents is 1. The molecular formula is C52H65ClN8O9SSi. The Hall–Kier alpha value is -5.54. The Kier molecular flexibility index (Phi) is 16.2. The van der Waals surface area contributed by atoms with Crippen LogP contribution in [0.2, 0.25) is 30.7 Å². The molecule has 0 spiro atoms. The van der Waals surface area contributed by atoms with Gasteiger partial charge in [-0.25, -0.2) is 13.1 Å². The summed E-state index contributed by atoms with van der Waals surface area (Å²) in [6, 6.07) is 22.2. The first-order valence-corrected chi connectivity index (χ1v) is 30.6. The minimum absolute atomic E-state index is 0.0970. The van der Waals surface area contributed by atoms with Gasteiger partial charge in [0.25, 0.3) is 21.6 Å². The molecule has 4 aliphatic rings. The molecule has 0 unspecified atom stereocenters. The topological polar surface area (TPSA) is 183 Å². The van der Waals surface area contributed by atoms with E-state index in [9.17, 15) is 23.3 Å². The molecule has 3 aromatic carbocycles. The molecular weight excluding hydrogens is 976 g/mol. The summed E-state index contributed by atoms with van der Waals surface area (Å²) in [5.41, 5.74) is 6.60. The van der Waals surface area contributed by atoms with Gasteiger partial charge in [0.1, 0.15) is 23.8 Å². The van der Waals surface area contributed by atoms with Gasteiger partial charge in [-0.1, -0.05) is 55.4 Å². The molecule has 72 heavy (non-hydrogen) atoms. The average molecular weight is 1040 g/mol. The van der Waals surface area contributed by atoms with Gasteiger partial charge in [0.2, 0.25) is 5.88 Å². The molecule has 1 atom stereocenters. The zero-order valence-electron chi connectivity index (χ0n) is 41.4. The number of halogens is 1. The van der Waals surface area contributed by atoms with Gasteiger partial charge >= 0.3 is 0 Å². The number of hydrogen-bond donors (Lipinski definition) is 2. The van der Waals surface area contributed by atoms with Crippen LogP contribution in [-0.2, 0) is 31.0 Å². The second kappa shape index (κ2) is 22.7. The van der Waals surface area contributed by atoms with E-state index in [2.05, 4.69) is 51.6 Å². The lowest BCUT2D eigenvalue weighted by atomic mass is 9.95. The third-order valence-electron chi connectivity index (χ3n) is 13.8. The summed E-state index contributed by atoms with van der Waals surface area (Å²) in [5.74, 6) is -0.509. The number of carbonyl (C=O) groups is 1. The summed E-state index contributed by atoms with van der Waals surface area (Å²) >= 11 is 6.27. The van der Waals surface area contributed by atoms with Crippen molar-refractivity contribution in [3.05, 3.63) is 111 Å². The van der Waals surface area contributed by atoms with Crippen molar-refractivity contribution < 1.29 is 37.1 Å². The van der Waals surface area contributed by atoms with Gasteiger partial charge in [-0.2, -0.15) is 4.98 Å². The van der Waals surface area contributed by atoms with Crippen molar-refractivity contribution in [2.45, 2.75) is 81.9 Å². The van der Waals surface area contributed by atoms with Gasteiger partial charge in [0.15, 0.2) is 0 Å². The summed E-state index contributed by atoms with van der Waals surface area (Å²) in [6.07, 6.45) is 7.90. The highest BCUT2D eigenvalue weighted by atomic mass is 35.5. The number of hydrogen-bond acceptors (Lipinski definition) is 14. The van der Waals surface area contributed by atoms with E-state index < -0.39 is 39.5 Å². The van der Waals surface area contributed by atoms with Crippen LogP contribution in [0.3, 0.4) is 0 Å². The number of benzene rings is 3.